The van der Waals surface area contributed by atoms with Crippen LogP contribution in [0.4, 0.5) is 10.1 Å². The van der Waals surface area contributed by atoms with Crippen LogP contribution >= 0.6 is 23.8 Å². The van der Waals surface area contributed by atoms with E-state index in [9.17, 15) is 9.18 Å². The molecule has 124 valence electrons. The number of halogens is 2. The minimum Gasteiger partial charge on any atom is -0.465 e. The number of carbonyl (C=O) groups is 1. The number of methoxy groups -OCH3 is 1. The van der Waals surface area contributed by atoms with Gasteiger partial charge in [-0.3, -0.25) is 5.43 Å². The van der Waals surface area contributed by atoms with E-state index in [1.165, 1.54) is 25.5 Å². The molecule has 0 aliphatic rings. The van der Waals surface area contributed by atoms with Gasteiger partial charge in [0.05, 0.1) is 23.9 Å². The summed E-state index contributed by atoms with van der Waals surface area (Å²) >= 11 is 11.0. The lowest BCUT2D eigenvalue weighted by Gasteiger charge is -2.07. The molecule has 0 bridgehead atoms. The van der Waals surface area contributed by atoms with Crippen LogP contribution in [-0.4, -0.2) is 24.4 Å². The van der Waals surface area contributed by atoms with E-state index in [0.29, 0.717) is 11.3 Å². The maximum Gasteiger partial charge on any atom is 0.337 e. The monoisotopic (exact) mass is 365 g/mol. The third-order valence-corrected chi connectivity index (χ3v) is 3.45. The van der Waals surface area contributed by atoms with Crippen LogP contribution in [0.1, 0.15) is 15.9 Å². The van der Waals surface area contributed by atoms with Crippen molar-refractivity contribution in [3.05, 3.63) is 64.4 Å². The molecule has 0 spiro atoms. The second-order valence-corrected chi connectivity index (χ2v) is 5.34. The number of hydrogen-bond acceptors (Lipinski definition) is 4. The first-order valence-electron chi connectivity index (χ1n) is 6.73. The Bertz CT molecular complexity index is 761. The number of hydrogen-bond donors (Lipinski definition) is 2. The quantitative estimate of drug-likeness (QED) is 0.375. The van der Waals surface area contributed by atoms with Crippen LogP contribution in [-0.2, 0) is 4.74 Å². The van der Waals surface area contributed by atoms with Crippen LogP contribution in [0.25, 0.3) is 0 Å². The van der Waals surface area contributed by atoms with Gasteiger partial charge in [-0.15, -0.1) is 0 Å². The van der Waals surface area contributed by atoms with Crippen molar-refractivity contribution in [1.29, 1.82) is 0 Å². The fourth-order valence-corrected chi connectivity index (χ4v) is 2.14. The van der Waals surface area contributed by atoms with Gasteiger partial charge >= 0.3 is 5.97 Å². The molecule has 0 amide bonds. The number of esters is 1. The molecule has 0 atom stereocenters. The Hall–Kier alpha value is -2.51. The van der Waals surface area contributed by atoms with Gasteiger partial charge in [0.25, 0.3) is 0 Å². The molecule has 24 heavy (non-hydrogen) atoms. The minimum atomic E-state index is -0.481. The Labute approximate surface area is 148 Å². The molecule has 0 aromatic heterocycles. The molecular formula is C16H13ClFN3O2S. The van der Waals surface area contributed by atoms with Gasteiger partial charge < -0.3 is 10.1 Å². The molecule has 8 heteroatoms. The van der Waals surface area contributed by atoms with Crippen LogP contribution in [0.15, 0.2) is 47.6 Å². The molecular weight excluding hydrogens is 353 g/mol. The number of nitrogens with one attached hydrogen (secondary N) is 2. The zero-order chi connectivity index (χ0) is 17.5. The molecule has 2 aromatic rings. The van der Waals surface area contributed by atoms with Crippen LogP contribution in [0, 0.1) is 5.82 Å². The molecule has 0 heterocycles. The van der Waals surface area contributed by atoms with E-state index in [-0.39, 0.29) is 15.7 Å². The third-order valence-electron chi connectivity index (χ3n) is 2.92. The number of thiocarbonyl (C=S) groups is 1. The number of anilines is 1. The SMILES string of the molecule is COC(=O)c1ccc(NC(=S)N/N=C/c2c(F)cccc2Cl)cc1. The number of rotatable bonds is 4. The average Bonchev–Trinajstić information content (AvgIpc) is 2.57. The largest absolute Gasteiger partial charge is 0.465 e. The van der Waals surface area contributed by atoms with Crippen LogP contribution < -0.4 is 10.7 Å². The average molecular weight is 366 g/mol. The first kappa shape index (κ1) is 17.8. The van der Waals surface area contributed by atoms with E-state index in [2.05, 4.69) is 20.6 Å². The highest BCUT2D eigenvalue weighted by Crippen LogP contribution is 2.16. The lowest BCUT2D eigenvalue weighted by molar-refractivity contribution is 0.0601. The van der Waals surface area contributed by atoms with E-state index in [4.69, 9.17) is 23.8 Å². The van der Waals surface area contributed by atoms with Crippen molar-refractivity contribution in [3.63, 3.8) is 0 Å². The topological polar surface area (TPSA) is 62.7 Å². The van der Waals surface area contributed by atoms with Gasteiger partial charge in [0.15, 0.2) is 5.11 Å². The molecule has 0 aliphatic heterocycles. The third kappa shape index (κ3) is 4.74. The lowest BCUT2D eigenvalue weighted by atomic mass is 10.2. The summed E-state index contributed by atoms with van der Waals surface area (Å²) in [6.07, 6.45) is 1.24. The minimum absolute atomic E-state index is 0.164. The summed E-state index contributed by atoms with van der Waals surface area (Å²) in [6, 6.07) is 10.9. The highest BCUT2D eigenvalue weighted by atomic mass is 35.5. The summed E-state index contributed by atoms with van der Waals surface area (Å²) in [6.45, 7) is 0. The summed E-state index contributed by atoms with van der Waals surface area (Å²) in [7, 11) is 1.31. The molecule has 2 N–H and O–H groups in total. The van der Waals surface area contributed by atoms with Crippen molar-refractivity contribution in [3.8, 4) is 0 Å². The molecule has 0 radical (unpaired) electrons. The van der Waals surface area contributed by atoms with Gasteiger partial charge in [0, 0.05) is 11.3 Å². The van der Waals surface area contributed by atoms with Crippen LogP contribution in [0.5, 0.6) is 0 Å². The molecule has 0 saturated carbocycles. The highest BCUT2D eigenvalue weighted by Gasteiger charge is 2.05. The Balaban J connectivity index is 1.94. The fraction of sp³-hybridized carbons (Fsp3) is 0.0625. The normalized spacial score (nSPS) is 10.5. The van der Waals surface area contributed by atoms with Crippen molar-refractivity contribution < 1.29 is 13.9 Å². The summed E-state index contributed by atoms with van der Waals surface area (Å²) in [5.41, 5.74) is 3.80. The van der Waals surface area contributed by atoms with Crippen molar-refractivity contribution >= 4 is 46.8 Å². The molecule has 5 nitrogen and oxygen atoms in total. The van der Waals surface area contributed by atoms with Crippen molar-refractivity contribution in [1.82, 2.24) is 5.43 Å². The molecule has 2 rings (SSSR count). The lowest BCUT2D eigenvalue weighted by Crippen LogP contribution is -2.23. The molecule has 2 aromatic carbocycles. The predicted molar refractivity (Wildman–Crippen MR) is 96.1 cm³/mol. The van der Waals surface area contributed by atoms with Gasteiger partial charge in [-0.2, -0.15) is 5.10 Å². The van der Waals surface area contributed by atoms with Gasteiger partial charge in [0.1, 0.15) is 5.82 Å². The summed E-state index contributed by atoms with van der Waals surface area (Å²) < 4.78 is 18.2. The zero-order valence-electron chi connectivity index (χ0n) is 12.5. The van der Waals surface area contributed by atoms with Crippen molar-refractivity contribution in [2.45, 2.75) is 0 Å². The number of benzene rings is 2. The molecule has 0 saturated heterocycles. The summed E-state index contributed by atoms with van der Waals surface area (Å²) in [4.78, 5) is 11.3. The number of carbonyl (C=O) groups excluding carboxylic acids is 1. The highest BCUT2D eigenvalue weighted by molar-refractivity contribution is 7.80. The molecule has 0 aliphatic carbocycles. The second kappa shape index (κ2) is 8.37. The number of ether oxygens (including phenoxy) is 1. The Morgan fingerprint density at radius 2 is 2.00 bits per heavy atom. The smallest absolute Gasteiger partial charge is 0.337 e. The number of hydrazone groups is 1. The predicted octanol–water partition coefficient (Wildman–Crippen LogP) is 3.59. The van der Waals surface area contributed by atoms with E-state index in [1.807, 2.05) is 0 Å². The standard InChI is InChI=1S/C16H13ClFN3O2S/c1-23-15(22)10-5-7-11(8-6-10)20-16(24)21-19-9-12-13(17)3-2-4-14(12)18/h2-9H,1H3,(H2,20,21,24)/b19-9+. The molecule has 0 unspecified atom stereocenters. The first-order valence-corrected chi connectivity index (χ1v) is 7.52. The van der Waals surface area contributed by atoms with Gasteiger partial charge in [0.2, 0.25) is 0 Å². The summed E-state index contributed by atoms with van der Waals surface area (Å²) in [5, 5.41) is 7.16. The van der Waals surface area contributed by atoms with Crippen molar-refractivity contribution in [2.75, 3.05) is 12.4 Å². The van der Waals surface area contributed by atoms with E-state index >= 15 is 0 Å². The Kier molecular flexibility index (Phi) is 6.22. The fourth-order valence-electron chi connectivity index (χ4n) is 1.76. The molecule has 0 fully saturated rings. The van der Waals surface area contributed by atoms with Gasteiger partial charge in [-0.1, -0.05) is 17.7 Å². The van der Waals surface area contributed by atoms with Crippen molar-refractivity contribution in [2.24, 2.45) is 5.10 Å². The second-order valence-electron chi connectivity index (χ2n) is 4.53. The van der Waals surface area contributed by atoms with E-state index < -0.39 is 11.8 Å². The van der Waals surface area contributed by atoms with Crippen LogP contribution in [0.2, 0.25) is 5.02 Å². The maximum atomic E-state index is 13.6. The maximum absolute atomic E-state index is 13.6. The Morgan fingerprint density at radius 1 is 1.29 bits per heavy atom. The zero-order valence-corrected chi connectivity index (χ0v) is 14.1. The van der Waals surface area contributed by atoms with Gasteiger partial charge in [-0.05, 0) is 48.6 Å². The summed E-state index contributed by atoms with van der Waals surface area (Å²) in [5.74, 6) is -0.904. The first-order chi connectivity index (χ1) is 11.5. The van der Waals surface area contributed by atoms with Gasteiger partial charge in [-0.25, -0.2) is 9.18 Å². The van der Waals surface area contributed by atoms with E-state index in [1.54, 1.807) is 30.3 Å². The number of nitrogens with zero attached hydrogens (tertiary/aromatic N) is 1. The Morgan fingerprint density at radius 3 is 2.62 bits per heavy atom. The van der Waals surface area contributed by atoms with E-state index in [0.717, 1.165) is 0 Å². The van der Waals surface area contributed by atoms with Crippen LogP contribution in [0.3, 0.4) is 0 Å².